The monoisotopic (exact) mass is 406 g/mol. The lowest BCUT2D eigenvalue weighted by molar-refractivity contribution is -0.695. The van der Waals surface area contributed by atoms with Crippen LogP contribution in [0.15, 0.2) is 48.5 Å². The molecule has 2 amide bonds. The van der Waals surface area contributed by atoms with Crippen LogP contribution in [0.5, 0.6) is 0 Å². The van der Waals surface area contributed by atoms with E-state index < -0.39 is 0 Å². The lowest BCUT2D eigenvalue weighted by Crippen LogP contribution is -2.93. The van der Waals surface area contributed by atoms with Crippen molar-refractivity contribution in [2.45, 2.75) is 51.6 Å². The van der Waals surface area contributed by atoms with Gasteiger partial charge >= 0.3 is 0 Å². The fraction of sp³-hybridized carbons (Fsp3) is 0.440. The molecule has 30 heavy (non-hydrogen) atoms. The fourth-order valence-electron chi connectivity index (χ4n) is 4.72. The molecule has 0 spiro atoms. The Morgan fingerprint density at radius 2 is 1.73 bits per heavy atom. The maximum absolute atomic E-state index is 12.6. The Labute approximate surface area is 178 Å². The van der Waals surface area contributed by atoms with Crippen molar-refractivity contribution >= 4 is 17.5 Å². The number of amides is 2. The van der Waals surface area contributed by atoms with E-state index in [1.54, 1.807) is 0 Å². The number of quaternary nitrogens is 1. The van der Waals surface area contributed by atoms with Crippen LogP contribution in [-0.4, -0.2) is 24.4 Å². The standard InChI is InChI=1S/C25H31N3O2/c1-17-5-4-8-22(13-17)28-24(29)19-11-9-18(10-12-19)15-27-25(30)23-14-20-6-2-3-7-21(20)16-26-23/h2-8,13,18-19,23,26H,9-12,14-16H2,1H3,(H,27,30)(H,28,29)/p+1/t18?,19?,23-/m0/s1. The summed E-state index contributed by atoms with van der Waals surface area (Å²) in [5.41, 5.74) is 4.65. The molecule has 2 aliphatic rings. The predicted molar refractivity (Wildman–Crippen MR) is 118 cm³/mol. The molecule has 5 nitrogen and oxygen atoms in total. The number of rotatable bonds is 5. The van der Waals surface area contributed by atoms with Gasteiger partial charge in [0.05, 0.1) is 0 Å². The van der Waals surface area contributed by atoms with Crippen LogP contribution in [0, 0.1) is 18.8 Å². The van der Waals surface area contributed by atoms with E-state index in [2.05, 4.69) is 34.1 Å². The van der Waals surface area contributed by atoms with Gasteiger partial charge in [-0.25, -0.2) is 0 Å². The summed E-state index contributed by atoms with van der Waals surface area (Å²) in [6.07, 6.45) is 4.56. The zero-order valence-electron chi connectivity index (χ0n) is 17.7. The van der Waals surface area contributed by atoms with Gasteiger partial charge in [-0.1, -0.05) is 36.4 Å². The molecule has 1 saturated carbocycles. The van der Waals surface area contributed by atoms with Gasteiger partial charge in [0, 0.05) is 30.1 Å². The molecule has 1 fully saturated rings. The molecule has 0 aromatic heterocycles. The van der Waals surface area contributed by atoms with Gasteiger partial charge in [0.2, 0.25) is 5.91 Å². The van der Waals surface area contributed by atoms with Gasteiger partial charge in [0.25, 0.3) is 5.91 Å². The maximum Gasteiger partial charge on any atom is 0.278 e. The van der Waals surface area contributed by atoms with Gasteiger partial charge in [-0.3, -0.25) is 9.59 Å². The Hall–Kier alpha value is -2.66. The molecule has 4 rings (SSSR count). The first-order valence-corrected chi connectivity index (χ1v) is 11.1. The summed E-state index contributed by atoms with van der Waals surface area (Å²) in [5, 5.41) is 8.37. The number of carbonyl (C=O) groups is 2. The summed E-state index contributed by atoms with van der Waals surface area (Å²) in [6, 6.07) is 16.3. The second kappa shape index (κ2) is 9.43. The van der Waals surface area contributed by atoms with Crippen molar-refractivity contribution in [3.8, 4) is 0 Å². The Balaban J connectivity index is 1.20. The predicted octanol–water partition coefficient (Wildman–Crippen LogP) is 2.54. The minimum absolute atomic E-state index is 0.0312. The maximum atomic E-state index is 12.6. The molecule has 1 aliphatic heterocycles. The van der Waals surface area contributed by atoms with E-state index in [0.29, 0.717) is 5.92 Å². The van der Waals surface area contributed by atoms with Crippen molar-refractivity contribution in [3.05, 3.63) is 65.2 Å². The zero-order valence-corrected chi connectivity index (χ0v) is 17.7. The number of aryl methyl sites for hydroxylation is 1. The molecule has 5 heteroatoms. The highest BCUT2D eigenvalue weighted by atomic mass is 16.2. The Kier molecular flexibility index (Phi) is 6.48. The van der Waals surface area contributed by atoms with Crippen molar-refractivity contribution in [2.75, 3.05) is 11.9 Å². The second-order valence-electron chi connectivity index (χ2n) is 8.84. The van der Waals surface area contributed by atoms with Crippen LogP contribution in [0.2, 0.25) is 0 Å². The summed E-state index contributed by atoms with van der Waals surface area (Å²) in [7, 11) is 0. The second-order valence-corrected chi connectivity index (χ2v) is 8.84. The quantitative estimate of drug-likeness (QED) is 0.714. The van der Waals surface area contributed by atoms with Crippen LogP contribution in [-0.2, 0) is 22.6 Å². The summed E-state index contributed by atoms with van der Waals surface area (Å²) in [4.78, 5) is 25.2. The van der Waals surface area contributed by atoms with E-state index in [0.717, 1.165) is 56.4 Å². The highest BCUT2D eigenvalue weighted by Crippen LogP contribution is 2.29. The third kappa shape index (κ3) is 5.08. The van der Waals surface area contributed by atoms with Crippen molar-refractivity contribution in [3.63, 3.8) is 0 Å². The van der Waals surface area contributed by atoms with E-state index in [1.165, 1.54) is 11.1 Å². The first-order chi connectivity index (χ1) is 14.6. The molecule has 0 bridgehead atoms. The molecule has 2 aromatic carbocycles. The van der Waals surface area contributed by atoms with Crippen molar-refractivity contribution < 1.29 is 14.9 Å². The number of nitrogens with one attached hydrogen (secondary N) is 2. The van der Waals surface area contributed by atoms with Crippen LogP contribution in [0.1, 0.15) is 42.4 Å². The van der Waals surface area contributed by atoms with Gasteiger partial charge in [0.15, 0.2) is 6.04 Å². The number of hydrogen-bond donors (Lipinski definition) is 3. The Morgan fingerprint density at radius 1 is 0.967 bits per heavy atom. The topological polar surface area (TPSA) is 74.8 Å². The molecule has 1 atom stereocenters. The van der Waals surface area contributed by atoms with Crippen LogP contribution in [0.4, 0.5) is 5.69 Å². The van der Waals surface area contributed by atoms with E-state index >= 15 is 0 Å². The Bertz CT molecular complexity index is 903. The van der Waals surface area contributed by atoms with E-state index in [9.17, 15) is 9.59 Å². The SMILES string of the molecule is Cc1cccc(NC(=O)C2CCC(CNC(=O)[C@@H]3Cc4ccccc4C[NH2+]3)CC2)c1. The van der Waals surface area contributed by atoms with Crippen LogP contribution in [0.3, 0.4) is 0 Å². The molecule has 0 radical (unpaired) electrons. The first-order valence-electron chi connectivity index (χ1n) is 11.1. The molecule has 0 unspecified atom stereocenters. The molecule has 1 aliphatic carbocycles. The van der Waals surface area contributed by atoms with Gasteiger partial charge in [-0.05, 0) is 61.8 Å². The average molecular weight is 407 g/mol. The third-order valence-electron chi connectivity index (χ3n) is 6.59. The van der Waals surface area contributed by atoms with E-state index in [4.69, 9.17) is 0 Å². The zero-order chi connectivity index (χ0) is 20.9. The summed E-state index contributed by atoms with van der Waals surface area (Å²) in [6.45, 7) is 3.62. The van der Waals surface area contributed by atoms with Crippen molar-refractivity contribution in [1.29, 1.82) is 0 Å². The number of fused-ring (bicyclic) bond motifs is 1. The molecular formula is C25H32N3O2+. The van der Waals surface area contributed by atoms with Gasteiger partial charge < -0.3 is 16.0 Å². The molecule has 158 valence electrons. The molecular weight excluding hydrogens is 374 g/mol. The highest BCUT2D eigenvalue weighted by molar-refractivity contribution is 5.92. The fourth-order valence-corrected chi connectivity index (χ4v) is 4.72. The molecule has 1 heterocycles. The highest BCUT2D eigenvalue weighted by Gasteiger charge is 2.30. The van der Waals surface area contributed by atoms with Gasteiger partial charge in [0.1, 0.15) is 6.54 Å². The number of nitrogens with two attached hydrogens (primary N) is 1. The van der Waals surface area contributed by atoms with Crippen LogP contribution < -0.4 is 16.0 Å². The molecule has 4 N–H and O–H groups in total. The smallest absolute Gasteiger partial charge is 0.278 e. The summed E-state index contributed by atoms with van der Waals surface area (Å²) < 4.78 is 0. The van der Waals surface area contributed by atoms with Crippen molar-refractivity contribution in [1.82, 2.24) is 5.32 Å². The first kappa shape index (κ1) is 20.6. The lowest BCUT2D eigenvalue weighted by atomic mass is 9.81. The number of benzene rings is 2. The number of carbonyl (C=O) groups excluding carboxylic acids is 2. The largest absolute Gasteiger partial charge is 0.351 e. The van der Waals surface area contributed by atoms with Crippen LogP contribution >= 0.6 is 0 Å². The Morgan fingerprint density at radius 3 is 2.50 bits per heavy atom. The third-order valence-corrected chi connectivity index (χ3v) is 6.59. The normalized spacial score (nSPS) is 23.3. The number of hydrogen-bond acceptors (Lipinski definition) is 2. The van der Waals surface area contributed by atoms with Crippen LogP contribution in [0.25, 0.3) is 0 Å². The van der Waals surface area contributed by atoms with E-state index in [1.807, 2.05) is 37.3 Å². The van der Waals surface area contributed by atoms with Gasteiger partial charge in [-0.2, -0.15) is 0 Å². The van der Waals surface area contributed by atoms with E-state index in [-0.39, 0.29) is 23.8 Å². The summed E-state index contributed by atoms with van der Waals surface area (Å²) >= 11 is 0. The average Bonchev–Trinajstić information content (AvgIpc) is 2.77. The lowest BCUT2D eigenvalue weighted by Gasteiger charge is -2.28. The van der Waals surface area contributed by atoms with Gasteiger partial charge in [-0.15, -0.1) is 0 Å². The molecule has 0 saturated heterocycles. The molecule has 2 aromatic rings. The minimum atomic E-state index is -0.0312. The minimum Gasteiger partial charge on any atom is -0.351 e. The van der Waals surface area contributed by atoms with Crippen molar-refractivity contribution in [2.24, 2.45) is 11.8 Å². The number of anilines is 1. The summed E-state index contributed by atoms with van der Waals surface area (Å²) in [5.74, 6) is 0.802.